The van der Waals surface area contributed by atoms with Crippen molar-refractivity contribution < 1.29 is 0 Å². The molecule has 19 heavy (non-hydrogen) atoms. The molecule has 2 rings (SSSR count). The first-order valence-electron chi connectivity index (χ1n) is 7.08. The van der Waals surface area contributed by atoms with Gasteiger partial charge in [-0.05, 0) is 26.1 Å². The molecule has 0 aromatic carbocycles. The first kappa shape index (κ1) is 14.5. The van der Waals surface area contributed by atoms with Crippen LogP contribution in [-0.2, 0) is 0 Å². The lowest BCUT2D eigenvalue weighted by molar-refractivity contribution is 0.152. The molecule has 1 aliphatic carbocycles. The topological polar surface area (TPSA) is 70.5 Å². The molecule has 0 aromatic rings. The average molecular weight is 265 g/mol. The van der Waals surface area contributed by atoms with Crippen LogP contribution in [0.1, 0.15) is 6.92 Å². The summed E-state index contributed by atoms with van der Waals surface area (Å²) in [5, 5.41) is 3.56. The highest BCUT2D eigenvalue weighted by Crippen LogP contribution is 2.17. The van der Waals surface area contributed by atoms with E-state index in [-0.39, 0.29) is 11.6 Å². The zero-order valence-electron chi connectivity index (χ0n) is 12.1. The molecule has 1 saturated heterocycles. The lowest BCUT2D eigenvalue weighted by Crippen LogP contribution is -2.57. The maximum Gasteiger partial charge on any atom is 0.0530 e. The Bertz CT molecular complexity index is 357. The summed E-state index contributed by atoms with van der Waals surface area (Å²) in [5.74, 6) is 0. The van der Waals surface area contributed by atoms with Crippen LogP contribution in [0, 0.1) is 0 Å². The van der Waals surface area contributed by atoms with Gasteiger partial charge in [0.1, 0.15) is 0 Å². The van der Waals surface area contributed by atoms with E-state index in [1.54, 1.807) is 0 Å². The largest absolute Gasteiger partial charge is 0.399 e. The Balaban J connectivity index is 1.75. The van der Waals surface area contributed by atoms with Gasteiger partial charge in [-0.1, -0.05) is 6.08 Å². The molecule has 5 N–H and O–H groups in total. The van der Waals surface area contributed by atoms with Crippen molar-refractivity contribution in [2.24, 2.45) is 11.5 Å². The maximum atomic E-state index is 6.15. The molecular formula is C14H27N5. The Morgan fingerprint density at radius 2 is 2.05 bits per heavy atom. The molecule has 2 atom stereocenters. The Morgan fingerprint density at radius 1 is 1.37 bits per heavy atom. The van der Waals surface area contributed by atoms with Gasteiger partial charge < -0.3 is 21.7 Å². The fraction of sp³-hybridized carbons (Fsp3) is 0.714. The number of nitrogens with two attached hydrogens (primary N) is 2. The van der Waals surface area contributed by atoms with Crippen molar-refractivity contribution in [1.29, 1.82) is 0 Å². The van der Waals surface area contributed by atoms with E-state index in [9.17, 15) is 0 Å². The van der Waals surface area contributed by atoms with Gasteiger partial charge in [0.25, 0.3) is 0 Å². The van der Waals surface area contributed by atoms with Crippen molar-refractivity contribution in [1.82, 2.24) is 15.1 Å². The van der Waals surface area contributed by atoms with Crippen molar-refractivity contribution >= 4 is 0 Å². The molecule has 2 unspecified atom stereocenters. The summed E-state index contributed by atoms with van der Waals surface area (Å²) >= 11 is 0. The molecule has 0 saturated carbocycles. The van der Waals surface area contributed by atoms with Crippen molar-refractivity contribution in [3.63, 3.8) is 0 Å². The van der Waals surface area contributed by atoms with Crippen molar-refractivity contribution in [3.8, 4) is 0 Å². The third kappa shape index (κ3) is 3.79. The smallest absolute Gasteiger partial charge is 0.0530 e. The SMILES string of the molecule is CN1CCN(CCNC2(C)C=CC(N)=CC2N)CC1. The van der Waals surface area contributed by atoms with Crippen LogP contribution in [0.15, 0.2) is 23.9 Å². The minimum atomic E-state index is -0.185. The van der Waals surface area contributed by atoms with E-state index >= 15 is 0 Å². The van der Waals surface area contributed by atoms with Gasteiger partial charge >= 0.3 is 0 Å². The van der Waals surface area contributed by atoms with Gasteiger partial charge in [-0.25, -0.2) is 0 Å². The van der Waals surface area contributed by atoms with Crippen molar-refractivity contribution in [3.05, 3.63) is 23.9 Å². The van der Waals surface area contributed by atoms with Gasteiger partial charge in [0, 0.05) is 51.0 Å². The van der Waals surface area contributed by atoms with Crippen LogP contribution in [0.5, 0.6) is 0 Å². The summed E-state index contributed by atoms with van der Waals surface area (Å²) in [7, 11) is 2.18. The van der Waals surface area contributed by atoms with Crippen LogP contribution in [0.2, 0.25) is 0 Å². The minimum Gasteiger partial charge on any atom is -0.399 e. The summed E-state index contributed by atoms with van der Waals surface area (Å²) in [6.07, 6.45) is 5.94. The van der Waals surface area contributed by atoms with Crippen LogP contribution in [0.4, 0.5) is 0 Å². The lowest BCUT2D eigenvalue weighted by Gasteiger charge is -2.37. The number of allylic oxidation sites excluding steroid dienone is 1. The molecule has 2 aliphatic rings. The third-order valence-electron chi connectivity index (χ3n) is 4.22. The van der Waals surface area contributed by atoms with Crippen LogP contribution in [0.25, 0.3) is 0 Å². The van der Waals surface area contributed by atoms with E-state index < -0.39 is 0 Å². The molecule has 5 nitrogen and oxygen atoms in total. The number of piperazine rings is 1. The lowest BCUT2D eigenvalue weighted by atomic mass is 9.88. The van der Waals surface area contributed by atoms with E-state index in [1.165, 1.54) is 0 Å². The molecular weight excluding hydrogens is 238 g/mol. The number of hydrogen-bond acceptors (Lipinski definition) is 5. The highest BCUT2D eigenvalue weighted by Gasteiger charge is 2.29. The van der Waals surface area contributed by atoms with Crippen LogP contribution < -0.4 is 16.8 Å². The van der Waals surface area contributed by atoms with Gasteiger partial charge in [0.15, 0.2) is 0 Å². The first-order valence-corrected chi connectivity index (χ1v) is 7.08. The normalized spacial score (nSPS) is 33.4. The fourth-order valence-corrected chi connectivity index (χ4v) is 2.55. The first-order chi connectivity index (χ1) is 8.99. The Labute approximate surface area is 116 Å². The second kappa shape index (κ2) is 6.05. The van der Waals surface area contributed by atoms with Crippen molar-refractivity contribution in [2.45, 2.75) is 18.5 Å². The molecule has 1 aliphatic heterocycles. The number of hydrogen-bond donors (Lipinski definition) is 3. The third-order valence-corrected chi connectivity index (χ3v) is 4.22. The summed E-state index contributed by atoms with van der Waals surface area (Å²) in [4.78, 5) is 4.87. The quantitative estimate of drug-likeness (QED) is 0.628. The Kier molecular flexibility index (Phi) is 4.62. The number of rotatable bonds is 4. The van der Waals surface area contributed by atoms with Crippen LogP contribution in [0.3, 0.4) is 0 Å². The second-order valence-corrected chi connectivity index (χ2v) is 5.88. The molecule has 0 aromatic heterocycles. The van der Waals surface area contributed by atoms with Gasteiger partial charge in [-0.15, -0.1) is 0 Å². The highest BCUT2D eigenvalue weighted by atomic mass is 15.2. The molecule has 0 radical (unpaired) electrons. The summed E-state index contributed by atoms with van der Waals surface area (Å²) in [5.41, 5.74) is 12.5. The number of nitrogens with one attached hydrogen (secondary N) is 1. The summed E-state index contributed by atoms with van der Waals surface area (Å²) in [6.45, 7) is 8.79. The predicted octanol–water partition coefficient (Wildman–Crippen LogP) is -0.678. The van der Waals surface area contributed by atoms with Gasteiger partial charge in [0.2, 0.25) is 0 Å². The van der Waals surface area contributed by atoms with Crippen LogP contribution >= 0.6 is 0 Å². The zero-order chi connectivity index (χ0) is 13.9. The molecule has 0 bridgehead atoms. The summed E-state index contributed by atoms with van der Waals surface area (Å²) < 4.78 is 0. The molecule has 1 fully saturated rings. The van der Waals surface area contributed by atoms with E-state index in [4.69, 9.17) is 11.5 Å². The standard InChI is InChI=1S/C14H27N5/c1-14(4-3-12(15)11-13(14)16)17-5-6-19-9-7-18(2)8-10-19/h3-4,11,13,17H,5-10,15-16H2,1-2H3. The molecule has 0 spiro atoms. The van der Waals surface area contributed by atoms with Crippen LogP contribution in [-0.4, -0.2) is 67.7 Å². The minimum absolute atomic E-state index is 0.0648. The molecule has 5 heteroatoms. The van der Waals surface area contributed by atoms with Gasteiger partial charge in [-0.3, -0.25) is 4.90 Å². The number of nitrogens with zero attached hydrogens (tertiary/aromatic N) is 2. The second-order valence-electron chi connectivity index (χ2n) is 5.88. The Hall–Kier alpha value is -0.880. The maximum absolute atomic E-state index is 6.15. The molecule has 108 valence electrons. The van der Waals surface area contributed by atoms with E-state index in [0.29, 0.717) is 0 Å². The van der Waals surface area contributed by atoms with E-state index in [2.05, 4.69) is 35.2 Å². The van der Waals surface area contributed by atoms with Crippen molar-refractivity contribution in [2.75, 3.05) is 46.3 Å². The highest BCUT2D eigenvalue weighted by molar-refractivity contribution is 5.31. The van der Waals surface area contributed by atoms with Gasteiger partial charge in [-0.2, -0.15) is 0 Å². The monoisotopic (exact) mass is 265 g/mol. The number of likely N-dealkylation sites (N-methyl/N-ethyl adjacent to an activating group) is 1. The van der Waals surface area contributed by atoms with E-state index in [1.807, 2.05) is 12.2 Å². The van der Waals surface area contributed by atoms with Gasteiger partial charge in [0.05, 0.1) is 5.54 Å². The fourth-order valence-electron chi connectivity index (χ4n) is 2.55. The average Bonchev–Trinajstić information content (AvgIpc) is 2.37. The summed E-state index contributed by atoms with van der Waals surface area (Å²) in [6, 6.07) is -0.0648. The zero-order valence-corrected chi connectivity index (χ0v) is 12.1. The predicted molar refractivity (Wildman–Crippen MR) is 79.7 cm³/mol. The Morgan fingerprint density at radius 3 is 2.68 bits per heavy atom. The van der Waals surface area contributed by atoms with E-state index in [0.717, 1.165) is 45.0 Å². The molecule has 1 heterocycles. The molecule has 0 amide bonds.